The van der Waals surface area contributed by atoms with Gasteiger partial charge in [0.25, 0.3) is 0 Å². The third-order valence-electron chi connectivity index (χ3n) is 2.97. The van der Waals surface area contributed by atoms with Crippen LogP contribution in [0.1, 0.15) is 13.3 Å². The van der Waals surface area contributed by atoms with E-state index in [1.165, 1.54) is 0 Å². The zero-order valence-electron chi connectivity index (χ0n) is 10.7. The van der Waals surface area contributed by atoms with E-state index in [-0.39, 0.29) is 6.09 Å². The molecule has 1 rings (SSSR count). The van der Waals surface area contributed by atoms with Crippen LogP contribution in [-0.4, -0.2) is 72.3 Å². The molecule has 0 radical (unpaired) electrons. The molecule has 0 aromatic carbocycles. The predicted molar refractivity (Wildman–Crippen MR) is 65.3 cm³/mol. The Hall–Kier alpha value is -1.34. The molecule has 7 heteroatoms. The van der Waals surface area contributed by atoms with E-state index in [9.17, 15) is 9.59 Å². The molecule has 0 saturated carbocycles. The molecule has 0 aromatic heterocycles. The Kier molecular flexibility index (Phi) is 5.87. The lowest BCUT2D eigenvalue weighted by molar-refractivity contribution is -0.138. The van der Waals surface area contributed by atoms with E-state index in [4.69, 9.17) is 15.6 Å². The predicted octanol–water partition coefficient (Wildman–Crippen LogP) is -0.437. The molecule has 1 amide bonds. The number of nitrogens with two attached hydrogens (primary N) is 1. The smallest absolute Gasteiger partial charge is 0.409 e. The number of carboxylic acid groups (broad SMARTS) is 1. The van der Waals surface area contributed by atoms with Crippen molar-refractivity contribution in [2.24, 2.45) is 5.73 Å². The largest absolute Gasteiger partial charge is 0.480 e. The molecule has 1 atom stereocenters. The fourth-order valence-electron chi connectivity index (χ4n) is 1.81. The van der Waals surface area contributed by atoms with Crippen LogP contribution in [-0.2, 0) is 9.53 Å². The maximum Gasteiger partial charge on any atom is 0.409 e. The van der Waals surface area contributed by atoms with Crippen LogP contribution in [0, 0.1) is 0 Å². The molecule has 1 aliphatic heterocycles. The summed E-state index contributed by atoms with van der Waals surface area (Å²) < 4.78 is 4.92. The van der Waals surface area contributed by atoms with E-state index in [1.807, 2.05) is 0 Å². The van der Waals surface area contributed by atoms with Crippen molar-refractivity contribution in [3.8, 4) is 0 Å². The van der Waals surface area contributed by atoms with Gasteiger partial charge in [-0.25, -0.2) is 4.79 Å². The molecule has 7 nitrogen and oxygen atoms in total. The van der Waals surface area contributed by atoms with Gasteiger partial charge in [0.2, 0.25) is 0 Å². The Balaban J connectivity index is 2.23. The molecule has 3 N–H and O–H groups in total. The molecule has 0 aromatic rings. The van der Waals surface area contributed by atoms with Crippen LogP contribution in [0.15, 0.2) is 0 Å². The van der Waals surface area contributed by atoms with Crippen LogP contribution in [0.5, 0.6) is 0 Å². The van der Waals surface area contributed by atoms with E-state index in [1.54, 1.807) is 11.8 Å². The van der Waals surface area contributed by atoms with Gasteiger partial charge in [-0.3, -0.25) is 9.69 Å². The number of rotatable bonds is 5. The number of hydrogen-bond acceptors (Lipinski definition) is 5. The molecule has 1 heterocycles. The molecule has 0 aliphatic carbocycles. The van der Waals surface area contributed by atoms with Crippen molar-refractivity contribution in [1.29, 1.82) is 0 Å². The number of carbonyl (C=O) groups is 2. The normalized spacial score (nSPS) is 18.4. The summed E-state index contributed by atoms with van der Waals surface area (Å²) in [6.45, 7) is 5.48. The molecule has 104 valence electrons. The Labute approximate surface area is 106 Å². The van der Waals surface area contributed by atoms with E-state index in [0.29, 0.717) is 32.7 Å². The van der Waals surface area contributed by atoms with E-state index < -0.39 is 12.0 Å². The lowest BCUT2D eigenvalue weighted by Gasteiger charge is -2.34. The zero-order chi connectivity index (χ0) is 13.5. The van der Waals surface area contributed by atoms with Gasteiger partial charge >= 0.3 is 12.1 Å². The summed E-state index contributed by atoms with van der Waals surface area (Å²) in [5.41, 5.74) is 5.44. The lowest BCUT2D eigenvalue weighted by atomic mass is 10.2. The van der Waals surface area contributed by atoms with Crippen molar-refractivity contribution in [1.82, 2.24) is 9.80 Å². The molecule has 0 bridgehead atoms. The topological polar surface area (TPSA) is 96.1 Å². The molecule has 0 spiro atoms. The van der Waals surface area contributed by atoms with Crippen molar-refractivity contribution in [3.63, 3.8) is 0 Å². The summed E-state index contributed by atoms with van der Waals surface area (Å²) in [6.07, 6.45) is 0.147. The van der Waals surface area contributed by atoms with Crippen molar-refractivity contribution < 1.29 is 19.4 Å². The Bertz CT molecular complexity index is 290. The van der Waals surface area contributed by atoms with Gasteiger partial charge in [0.1, 0.15) is 6.04 Å². The minimum Gasteiger partial charge on any atom is -0.480 e. The highest BCUT2D eigenvalue weighted by atomic mass is 16.6. The van der Waals surface area contributed by atoms with Crippen molar-refractivity contribution in [3.05, 3.63) is 0 Å². The minimum atomic E-state index is -0.972. The summed E-state index contributed by atoms with van der Waals surface area (Å²) in [7, 11) is 0. The average Bonchev–Trinajstić information content (AvgIpc) is 2.36. The number of piperazine rings is 1. The van der Waals surface area contributed by atoms with E-state index in [0.717, 1.165) is 13.1 Å². The van der Waals surface area contributed by atoms with Crippen LogP contribution in [0.2, 0.25) is 0 Å². The fourth-order valence-corrected chi connectivity index (χ4v) is 1.81. The van der Waals surface area contributed by atoms with E-state index in [2.05, 4.69) is 4.90 Å². The first-order chi connectivity index (χ1) is 8.54. The van der Waals surface area contributed by atoms with Crippen molar-refractivity contribution in [2.45, 2.75) is 19.4 Å². The number of carbonyl (C=O) groups excluding carboxylic acids is 1. The van der Waals surface area contributed by atoms with Crippen molar-refractivity contribution >= 4 is 12.1 Å². The number of carboxylic acids is 1. The summed E-state index contributed by atoms with van der Waals surface area (Å²) in [5.74, 6) is -0.972. The van der Waals surface area contributed by atoms with Crippen LogP contribution >= 0.6 is 0 Å². The highest BCUT2D eigenvalue weighted by Gasteiger charge is 2.22. The summed E-state index contributed by atoms with van der Waals surface area (Å²) in [6, 6.07) is -0.812. The molecular formula is C11H21N3O4. The minimum absolute atomic E-state index is 0.278. The Morgan fingerprint density at radius 1 is 1.33 bits per heavy atom. The summed E-state index contributed by atoms with van der Waals surface area (Å²) >= 11 is 0. The molecule has 1 aliphatic rings. The van der Waals surface area contributed by atoms with Gasteiger partial charge in [-0.05, 0) is 13.3 Å². The van der Waals surface area contributed by atoms with Gasteiger partial charge < -0.3 is 20.5 Å². The number of amides is 1. The number of aliphatic carboxylic acids is 1. The molecular weight excluding hydrogens is 238 g/mol. The molecule has 18 heavy (non-hydrogen) atoms. The van der Waals surface area contributed by atoms with Crippen LogP contribution in [0.4, 0.5) is 4.79 Å². The maximum atomic E-state index is 11.4. The second-order valence-electron chi connectivity index (χ2n) is 4.26. The third-order valence-corrected chi connectivity index (χ3v) is 2.97. The number of ether oxygens (including phenoxy) is 1. The second kappa shape index (κ2) is 7.17. The van der Waals surface area contributed by atoms with Crippen LogP contribution in [0.3, 0.4) is 0 Å². The molecule has 1 saturated heterocycles. The van der Waals surface area contributed by atoms with Crippen LogP contribution in [0.25, 0.3) is 0 Å². The van der Waals surface area contributed by atoms with Gasteiger partial charge in [-0.15, -0.1) is 0 Å². The first-order valence-corrected chi connectivity index (χ1v) is 6.17. The Morgan fingerprint density at radius 2 is 1.94 bits per heavy atom. The highest BCUT2D eigenvalue weighted by molar-refractivity contribution is 5.73. The monoisotopic (exact) mass is 259 g/mol. The maximum absolute atomic E-state index is 11.4. The van der Waals surface area contributed by atoms with Crippen LogP contribution < -0.4 is 5.73 Å². The van der Waals surface area contributed by atoms with Gasteiger partial charge in [0.05, 0.1) is 6.61 Å². The first kappa shape index (κ1) is 14.7. The number of nitrogens with zero attached hydrogens (tertiary/aromatic N) is 2. The lowest BCUT2D eigenvalue weighted by Crippen LogP contribution is -2.49. The highest BCUT2D eigenvalue weighted by Crippen LogP contribution is 2.05. The summed E-state index contributed by atoms with van der Waals surface area (Å²) in [5, 5.41) is 8.67. The molecule has 1 unspecified atom stereocenters. The summed E-state index contributed by atoms with van der Waals surface area (Å²) in [4.78, 5) is 25.8. The fraction of sp³-hybridized carbons (Fsp3) is 0.818. The van der Waals surface area contributed by atoms with Gasteiger partial charge in [-0.1, -0.05) is 0 Å². The number of hydrogen-bond donors (Lipinski definition) is 2. The van der Waals surface area contributed by atoms with Gasteiger partial charge in [0, 0.05) is 32.7 Å². The third kappa shape index (κ3) is 4.50. The average molecular weight is 259 g/mol. The van der Waals surface area contributed by atoms with E-state index >= 15 is 0 Å². The van der Waals surface area contributed by atoms with Crippen molar-refractivity contribution in [2.75, 3.05) is 39.3 Å². The first-order valence-electron chi connectivity index (χ1n) is 6.17. The standard InChI is InChI=1S/C11H21N3O4/c1-2-18-11(17)14-7-5-13(6-8-14)4-3-9(12)10(15)16/h9H,2-8,12H2,1H3,(H,15,16). The second-order valence-corrected chi connectivity index (χ2v) is 4.26. The Morgan fingerprint density at radius 3 is 2.44 bits per heavy atom. The SMILES string of the molecule is CCOC(=O)N1CCN(CCC(N)C(=O)O)CC1. The zero-order valence-corrected chi connectivity index (χ0v) is 10.7. The van der Waals surface area contributed by atoms with Gasteiger partial charge in [0.15, 0.2) is 0 Å². The quantitative estimate of drug-likeness (QED) is 0.695. The van der Waals surface area contributed by atoms with Gasteiger partial charge in [-0.2, -0.15) is 0 Å². The molecule has 1 fully saturated rings.